The van der Waals surface area contributed by atoms with Crippen LogP contribution in [0.5, 0.6) is 0 Å². The lowest BCUT2D eigenvalue weighted by Crippen LogP contribution is -2.21. The van der Waals surface area contributed by atoms with Crippen LogP contribution in [0.2, 0.25) is 0 Å². The van der Waals surface area contributed by atoms with Gasteiger partial charge in [-0.05, 0) is 58.9 Å². The molecule has 24 heavy (non-hydrogen) atoms. The Morgan fingerprint density at radius 1 is 0.917 bits per heavy atom. The summed E-state index contributed by atoms with van der Waals surface area (Å²) in [6.45, 7) is 12.7. The van der Waals surface area contributed by atoms with Crippen LogP contribution in [0.3, 0.4) is 0 Å². The molecular formula is C22H28F2. The van der Waals surface area contributed by atoms with Crippen LogP contribution < -0.4 is 0 Å². The predicted molar refractivity (Wildman–Crippen MR) is 97.6 cm³/mol. The molecule has 0 saturated heterocycles. The maximum atomic E-state index is 14.1. The van der Waals surface area contributed by atoms with Crippen LogP contribution in [-0.4, -0.2) is 0 Å². The van der Waals surface area contributed by atoms with Gasteiger partial charge < -0.3 is 0 Å². The Kier molecular flexibility index (Phi) is 5.17. The van der Waals surface area contributed by atoms with E-state index in [1.807, 2.05) is 13.8 Å². The Hall–Kier alpha value is -1.70. The zero-order chi connectivity index (χ0) is 18.1. The average Bonchev–Trinajstić information content (AvgIpc) is 2.48. The van der Waals surface area contributed by atoms with Gasteiger partial charge >= 0.3 is 0 Å². The van der Waals surface area contributed by atoms with E-state index in [1.165, 1.54) is 22.8 Å². The molecule has 2 aromatic rings. The third-order valence-electron chi connectivity index (χ3n) is 4.92. The van der Waals surface area contributed by atoms with Gasteiger partial charge in [0, 0.05) is 0 Å². The lowest BCUT2D eigenvalue weighted by Gasteiger charge is -2.27. The third-order valence-corrected chi connectivity index (χ3v) is 4.92. The largest absolute Gasteiger partial charge is 0.204 e. The molecule has 0 saturated carbocycles. The molecule has 130 valence electrons. The molecule has 0 aliphatic rings. The molecule has 0 aromatic heterocycles. The maximum absolute atomic E-state index is 14.1. The van der Waals surface area contributed by atoms with Gasteiger partial charge in [0.1, 0.15) is 0 Å². The van der Waals surface area contributed by atoms with E-state index in [1.54, 1.807) is 12.1 Å². The van der Waals surface area contributed by atoms with E-state index in [0.29, 0.717) is 5.56 Å². The molecule has 0 nitrogen and oxygen atoms in total. The van der Waals surface area contributed by atoms with Gasteiger partial charge in [0.25, 0.3) is 0 Å². The predicted octanol–water partition coefficient (Wildman–Crippen LogP) is 6.48. The van der Waals surface area contributed by atoms with E-state index < -0.39 is 17.0 Å². The highest BCUT2D eigenvalue weighted by molar-refractivity contribution is 5.35. The molecule has 2 heteroatoms. The fourth-order valence-electron chi connectivity index (χ4n) is 3.02. The molecule has 2 aromatic carbocycles. The van der Waals surface area contributed by atoms with Crippen molar-refractivity contribution in [1.82, 2.24) is 0 Å². The highest BCUT2D eigenvalue weighted by Crippen LogP contribution is 2.33. The normalized spacial score (nSPS) is 12.5. The summed E-state index contributed by atoms with van der Waals surface area (Å²) in [5, 5.41) is 0. The first-order valence-electron chi connectivity index (χ1n) is 8.57. The van der Waals surface area contributed by atoms with Gasteiger partial charge in [-0.3, -0.25) is 0 Å². The summed E-state index contributed by atoms with van der Waals surface area (Å²) in [6.07, 6.45) is 1.61. The van der Waals surface area contributed by atoms with Gasteiger partial charge in [0.05, 0.1) is 0 Å². The molecule has 0 fully saturated rings. The lowest BCUT2D eigenvalue weighted by molar-refractivity contribution is 0.425. The van der Waals surface area contributed by atoms with Crippen LogP contribution in [-0.2, 0) is 17.3 Å². The van der Waals surface area contributed by atoms with Crippen LogP contribution in [0, 0.1) is 18.6 Å². The molecule has 0 atom stereocenters. The Bertz CT molecular complexity index is 721. The van der Waals surface area contributed by atoms with E-state index >= 15 is 0 Å². The summed E-state index contributed by atoms with van der Waals surface area (Å²) in [5.74, 6) is -1.49. The molecule has 0 aliphatic carbocycles. The van der Waals surface area contributed by atoms with Crippen molar-refractivity contribution in [3.05, 3.63) is 70.3 Å². The minimum atomic E-state index is -0.772. The number of hydrogen-bond donors (Lipinski definition) is 0. The summed E-state index contributed by atoms with van der Waals surface area (Å²) in [7, 11) is 0. The van der Waals surface area contributed by atoms with Crippen molar-refractivity contribution in [1.29, 1.82) is 0 Å². The maximum Gasteiger partial charge on any atom is 0.162 e. The Morgan fingerprint density at radius 2 is 1.58 bits per heavy atom. The van der Waals surface area contributed by atoms with E-state index in [9.17, 15) is 8.78 Å². The van der Waals surface area contributed by atoms with Crippen molar-refractivity contribution < 1.29 is 8.78 Å². The molecule has 0 spiro atoms. The molecule has 0 unspecified atom stereocenters. The van der Waals surface area contributed by atoms with Crippen molar-refractivity contribution in [2.24, 2.45) is 0 Å². The Labute approximate surface area is 144 Å². The van der Waals surface area contributed by atoms with Gasteiger partial charge in [0.15, 0.2) is 11.6 Å². The monoisotopic (exact) mass is 330 g/mol. The van der Waals surface area contributed by atoms with E-state index in [-0.39, 0.29) is 5.41 Å². The summed E-state index contributed by atoms with van der Waals surface area (Å²) in [4.78, 5) is 0. The van der Waals surface area contributed by atoms with Crippen LogP contribution in [0.4, 0.5) is 8.78 Å². The number of hydrogen-bond acceptors (Lipinski definition) is 0. The zero-order valence-corrected chi connectivity index (χ0v) is 15.6. The van der Waals surface area contributed by atoms with Gasteiger partial charge in [-0.15, -0.1) is 0 Å². The number of halogens is 2. The first-order chi connectivity index (χ1) is 11.0. The molecule has 0 heterocycles. The smallest absolute Gasteiger partial charge is 0.162 e. The molecule has 0 bridgehead atoms. The summed E-state index contributed by atoms with van der Waals surface area (Å²) in [6, 6.07) is 11.0. The van der Waals surface area contributed by atoms with Crippen LogP contribution >= 0.6 is 0 Å². The standard InChI is InChI=1S/C22H28F2/c1-15-10-11-17(21(2,3)4)14-16(15)12-13-22(5,6)18-8-7-9-19(23)20(18)24/h7-11,14H,12-13H2,1-6H3. The second-order valence-corrected chi connectivity index (χ2v) is 8.38. The minimum Gasteiger partial charge on any atom is -0.204 e. The summed E-state index contributed by atoms with van der Waals surface area (Å²) < 4.78 is 27.7. The quantitative estimate of drug-likeness (QED) is 0.602. The lowest BCUT2D eigenvalue weighted by atomic mass is 9.78. The number of benzene rings is 2. The molecule has 0 aliphatic heterocycles. The van der Waals surface area contributed by atoms with Crippen LogP contribution in [0.25, 0.3) is 0 Å². The highest BCUT2D eigenvalue weighted by Gasteiger charge is 2.26. The van der Waals surface area contributed by atoms with Gasteiger partial charge in [-0.1, -0.05) is 65.0 Å². The molecule has 0 amide bonds. The van der Waals surface area contributed by atoms with Crippen molar-refractivity contribution in [2.75, 3.05) is 0 Å². The summed E-state index contributed by atoms with van der Waals surface area (Å²) in [5.41, 5.74) is 3.97. The van der Waals surface area contributed by atoms with Crippen molar-refractivity contribution in [2.45, 2.75) is 65.2 Å². The van der Waals surface area contributed by atoms with Gasteiger partial charge in [-0.2, -0.15) is 0 Å². The van der Waals surface area contributed by atoms with Gasteiger partial charge in [0.2, 0.25) is 0 Å². The van der Waals surface area contributed by atoms with Crippen molar-refractivity contribution in [3.63, 3.8) is 0 Å². The van der Waals surface area contributed by atoms with Crippen LogP contribution in [0.15, 0.2) is 36.4 Å². The van der Waals surface area contributed by atoms with Crippen LogP contribution in [0.1, 0.15) is 63.3 Å². The Balaban J connectivity index is 2.25. The molecular weight excluding hydrogens is 302 g/mol. The fourth-order valence-corrected chi connectivity index (χ4v) is 3.02. The molecule has 0 radical (unpaired) electrons. The number of rotatable bonds is 4. The topological polar surface area (TPSA) is 0 Å². The van der Waals surface area contributed by atoms with E-state index in [0.717, 1.165) is 12.8 Å². The fraction of sp³-hybridized carbons (Fsp3) is 0.455. The highest BCUT2D eigenvalue weighted by atomic mass is 19.2. The zero-order valence-electron chi connectivity index (χ0n) is 15.6. The van der Waals surface area contributed by atoms with E-state index in [2.05, 4.69) is 45.9 Å². The molecule has 0 N–H and O–H groups in total. The van der Waals surface area contributed by atoms with E-state index in [4.69, 9.17) is 0 Å². The second-order valence-electron chi connectivity index (χ2n) is 8.38. The first-order valence-corrected chi connectivity index (χ1v) is 8.57. The van der Waals surface area contributed by atoms with Crippen molar-refractivity contribution in [3.8, 4) is 0 Å². The van der Waals surface area contributed by atoms with Crippen molar-refractivity contribution >= 4 is 0 Å². The van der Waals surface area contributed by atoms with Gasteiger partial charge in [-0.25, -0.2) is 8.78 Å². The average molecular weight is 330 g/mol. The SMILES string of the molecule is Cc1ccc(C(C)(C)C)cc1CCC(C)(C)c1cccc(F)c1F. The Morgan fingerprint density at radius 3 is 2.21 bits per heavy atom. The summed E-state index contributed by atoms with van der Waals surface area (Å²) >= 11 is 0. The second kappa shape index (κ2) is 6.66. The first kappa shape index (κ1) is 18.6. The third kappa shape index (κ3) is 4.03. The number of aryl methyl sites for hydroxylation is 2. The molecule has 2 rings (SSSR count). The minimum absolute atomic E-state index is 0.104.